The lowest BCUT2D eigenvalue weighted by molar-refractivity contribution is 0.0598. The van der Waals surface area contributed by atoms with E-state index in [1.807, 2.05) is 6.92 Å². The van der Waals surface area contributed by atoms with Crippen molar-refractivity contribution in [2.24, 2.45) is 0 Å². The van der Waals surface area contributed by atoms with Gasteiger partial charge in [0.05, 0.1) is 30.2 Å². The second kappa shape index (κ2) is 10.2. The number of hydrogen-bond donors (Lipinski definition) is 2. The number of methoxy groups -OCH3 is 2. The summed E-state index contributed by atoms with van der Waals surface area (Å²) in [5, 5.41) is 2.97. The summed E-state index contributed by atoms with van der Waals surface area (Å²) in [7, 11) is -1.55. The van der Waals surface area contributed by atoms with Crippen LogP contribution in [0.4, 0.5) is 0 Å². The standard InChI is InChI=1S/C14H20N2O6S.ClH/c1-4-15-5-6-16-23(19,20)12-8-10(13(17)21-2)7-11(9-12)14(18)22-3;/h7-9,15-16H,4-6H2,1-3H3;1H. The number of carbonyl (C=O) groups excluding carboxylic acids is 2. The van der Waals surface area contributed by atoms with Gasteiger partial charge in [-0.3, -0.25) is 0 Å². The first-order valence-electron chi connectivity index (χ1n) is 6.87. The first-order chi connectivity index (χ1) is 10.9. The van der Waals surface area contributed by atoms with E-state index in [4.69, 9.17) is 0 Å². The Morgan fingerprint density at radius 1 is 1.00 bits per heavy atom. The van der Waals surface area contributed by atoms with Crippen molar-refractivity contribution < 1.29 is 27.5 Å². The minimum Gasteiger partial charge on any atom is -0.465 e. The van der Waals surface area contributed by atoms with E-state index in [0.717, 1.165) is 26.4 Å². The predicted molar refractivity (Wildman–Crippen MR) is 90.1 cm³/mol. The Balaban J connectivity index is 0.00000529. The summed E-state index contributed by atoms with van der Waals surface area (Å²) in [5.74, 6) is -1.50. The zero-order valence-corrected chi connectivity index (χ0v) is 15.3. The average Bonchev–Trinajstić information content (AvgIpc) is 2.56. The highest BCUT2D eigenvalue weighted by Gasteiger charge is 2.20. The number of ether oxygens (including phenoxy) is 2. The number of nitrogens with one attached hydrogen (secondary N) is 2. The van der Waals surface area contributed by atoms with Crippen molar-refractivity contribution in [2.75, 3.05) is 33.9 Å². The molecule has 0 aliphatic carbocycles. The van der Waals surface area contributed by atoms with Gasteiger partial charge in [0.25, 0.3) is 0 Å². The van der Waals surface area contributed by atoms with Crippen LogP contribution in [-0.2, 0) is 19.5 Å². The van der Waals surface area contributed by atoms with Crippen molar-refractivity contribution in [1.82, 2.24) is 10.0 Å². The normalized spacial score (nSPS) is 10.6. The summed E-state index contributed by atoms with van der Waals surface area (Å²) in [6.45, 7) is 3.24. The van der Waals surface area contributed by atoms with E-state index in [-0.39, 0.29) is 35.0 Å². The Bertz CT molecular complexity index is 644. The number of esters is 2. The van der Waals surface area contributed by atoms with E-state index in [1.165, 1.54) is 6.07 Å². The molecule has 0 radical (unpaired) electrons. The van der Waals surface area contributed by atoms with Gasteiger partial charge in [0.1, 0.15) is 0 Å². The SMILES string of the molecule is CCNCCNS(=O)(=O)c1cc(C(=O)OC)cc(C(=O)OC)c1.Cl. The number of benzene rings is 1. The maximum absolute atomic E-state index is 12.3. The van der Waals surface area contributed by atoms with E-state index < -0.39 is 22.0 Å². The highest BCUT2D eigenvalue weighted by molar-refractivity contribution is 7.89. The molecule has 0 spiro atoms. The predicted octanol–water partition coefficient (Wildman–Crippen LogP) is 0.569. The van der Waals surface area contributed by atoms with Gasteiger partial charge < -0.3 is 14.8 Å². The van der Waals surface area contributed by atoms with Gasteiger partial charge in [-0.2, -0.15) is 0 Å². The molecule has 24 heavy (non-hydrogen) atoms. The number of sulfonamides is 1. The van der Waals surface area contributed by atoms with Gasteiger partial charge in [0.2, 0.25) is 10.0 Å². The van der Waals surface area contributed by atoms with Gasteiger partial charge in [-0.05, 0) is 24.7 Å². The Kier molecular flexibility index (Phi) is 9.52. The summed E-state index contributed by atoms with van der Waals surface area (Å²) in [5.41, 5.74) is -0.107. The van der Waals surface area contributed by atoms with E-state index in [1.54, 1.807) is 0 Å². The van der Waals surface area contributed by atoms with Crippen LogP contribution in [-0.4, -0.2) is 54.2 Å². The van der Waals surface area contributed by atoms with Gasteiger partial charge in [-0.15, -0.1) is 12.4 Å². The van der Waals surface area contributed by atoms with Crippen LogP contribution < -0.4 is 10.0 Å². The molecule has 8 nitrogen and oxygen atoms in total. The molecule has 0 atom stereocenters. The van der Waals surface area contributed by atoms with Crippen molar-refractivity contribution >= 4 is 34.4 Å². The Labute approximate surface area is 147 Å². The molecular formula is C14H21ClN2O6S. The zero-order chi connectivity index (χ0) is 17.5. The molecule has 0 bridgehead atoms. The van der Waals surface area contributed by atoms with Crippen LogP contribution in [0.5, 0.6) is 0 Å². The first kappa shape index (κ1) is 22.3. The molecule has 136 valence electrons. The summed E-state index contributed by atoms with van der Waals surface area (Å²) >= 11 is 0. The molecule has 1 aromatic carbocycles. The maximum atomic E-state index is 12.3. The average molecular weight is 381 g/mol. The van der Waals surface area contributed by atoms with Crippen LogP contribution >= 0.6 is 12.4 Å². The molecule has 0 aliphatic rings. The number of halogens is 1. The van der Waals surface area contributed by atoms with Crippen molar-refractivity contribution in [1.29, 1.82) is 0 Å². The molecule has 0 aromatic heterocycles. The third-order valence-electron chi connectivity index (χ3n) is 2.90. The molecular weight excluding hydrogens is 360 g/mol. The molecule has 0 unspecified atom stereocenters. The van der Waals surface area contributed by atoms with E-state index in [0.29, 0.717) is 13.1 Å². The number of rotatable bonds is 8. The van der Waals surface area contributed by atoms with Gasteiger partial charge in [-0.1, -0.05) is 6.92 Å². The van der Waals surface area contributed by atoms with E-state index >= 15 is 0 Å². The number of hydrogen-bond acceptors (Lipinski definition) is 7. The number of likely N-dealkylation sites (N-methyl/N-ethyl adjacent to an activating group) is 1. The van der Waals surface area contributed by atoms with Crippen LogP contribution in [0.1, 0.15) is 27.6 Å². The molecule has 1 rings (SSSR count). The van der Waals surface area contributed by atoms with Crippen molar-refractivity contribution in [2.45, 2.75) is 11.8 Å². The van der Waals surface area contributed by atoms with Gasteiger partial charge in [0.15, 0.2) is 0 Å². The molecule has 10 heteroatoms. The largest absolute Gasteiger partial charge is 0.465 e. The van der Waals surface area contributed by atoms with Crippen molar-refractivity contribution in [3.8, 4) is 0 Å². The molecule has 0 saturated heterocycles. The fraction of sp³-hybridized carbons (Fsp3) is 0.429. The second-order valence-corrected chi connectivity index (χ2v) is 6.25. The lowest BCUT2D eigenvalue weighted by Crippen LogP contribution is -2.32. The summed E-state index contributed by atoms with van der Waals surface area (Å²) in [6, 6.07) is 3.51. The highest BCUT2D eigenvalue weighted by Crippen LogP contribution is 2.17. The van der Waals surface area contributed by atoms with Crippen LogP contribution in [0.3, 0.4) is 0 Å². The third kappa shape index (κ3) is 6.08. The van der Waals surface area contributed by atoms with Crippen LogP contribution in [0.25, 0.3) is 0 Å². The summed E-state index contributed by atoms with van der Waals surface area (Å²) in [6.07, 6.45) is 0. The minimum atomic E-state index is -3.87. The highest BCUT2D eigenvalue weighted by atomic mass is 35.5. The van der Waals surface area contributed by atoms with Crippen LogP contribution in [0.2, 0.25) is 0 Å². The van der Waals surface area contributed by atoms with Gasteiger partial charge in [-0.25, -0.2) is 22.7 Å². The lowest BCUT2D eigenvalue weighted by Gasteiger charge is -2.10. The second-order valence-electron chi connectivity index (χ2n) is 4.48. The smallest absolute Gasteiger partial charge is 0.337 e. The third-order valence-corrected chi connectivity index (χ3v) is 4.34. The van der Waals surface area contributed by atoms with Gasteiger partial charge >= 0.3 is 11.9 Å². The molecule has 0 heterocycles. The van der Waals surface area contributed by atoms with E-state index in [2.05, 4.69) is 19.5 Å². The first-order valence-corrected chi connectivity index (χ1v) is 8.36. The maximum Gasteiger partial charge on any atom is 0.337 e. The van der Waals surface area contributed by atoms with Gasteiger partial charge in [0, 0.05) is 13.1 Å². The summed E-state index contributed by atoms with van der Waals surface area (Å²) < 4.78 is 36.1. The molecule has 0 amide bonds. The molecule has 2 N–H and O–H groups in total. The minimum absolute atomic E-state index is 0. The zero-order valence-electron chi connectivity index (χ0n) is 13.6. The van der Waals surface area contributed by atoms with Crippen LogP contribution in [0, 0.1) is 0 Å². The molecule has 0 aliphatic heterocycles. The summed E-state index contributed by atoms with van der Waals surface area (Å²) in [4.78, 5) is 23.1. The molecule has 1 aromatic rings. The fourth-order valence-corrected chi connectivity index (χ4v) is 2.86. The Morgan fingerprint density at radius 2 is 1.50 bits per heavy atom. The van der Waals surface area contributed by atoms with Crippen LogP contribution in [0.15, 0.2) is 23.1 Å². The Hall–Kier alpha value is -1.68. The molecule has 0 saturated carbocycles. The topological polar surface area (TPSA) is 111 Å². The van der Waals surface area contributed by atoms with Crippen molar-refractivity contribution in [3.63, 3.8) is 0 Å². The lowest BCUT2D eigenvalue weighted by atomic mass is 10.1. The quantitative estimate of drug-likeness (QED) is 0.501. The number of carbonyl (C=O) groups is 2. The monoisotopic (exact) mass is 380 g/mol. The fourth-order valence-electron chi connectivity index (χ4n) is 1.76. The van der Waals surface area contributed by atoms with Crippen molar-refractivity contribution in [3.05, 3.63) is 29.3 Å². The Morgan fingerprint density at radius 3 is 1.92 bits per heavy atom. The molecule has 0 fully saturated rings. The van der Waals surface area contributed by atoms with E-state index in [9.17, 15) is 18.0 Å².